The second-order valence-corrected chi connectivity index (χ2v) is 21.0. The first-order valence-electron chi connectivity index (χ1n) is 23.3. The fraction of sp³-hybridized carbons (Fsp3) is 0.417. The van der Waals surface area contributed by atoms with E-state index in [9.17, 15) is 26.4 Å². The topological polar surface area (TPSA) is 242 Å². The highest BCUT2D eigenvalue weighted by Gasteiger charge is 2.31. The molecule has 6 aromatic rings. The molecule has 2 aromatic heterocycles. The predicted octanol–water partition coefficient (Wildman–Crippen LogP) is 6.63. The smallest absolute Gasteiger partial charge is 0.339 e. The van der Waals surface area contributed by atoms with Crippen molar-refractivity contribution >= 4 is 77.4 Å². The van der Waals surface area contributed by atoms with Crippen LogP contribution in [0.5, 0.6) is 11.5 Å². The molecular weight excluding hydrogens is 925 g/mol. The molecule has 0 bridgehead atoms. The lowest BCUT2D eigenvalue weighted by Crippen LogP contribution is -2.40. The summed E-state index contributed by atoms with van der Waals surface area (Å²) in [6.45, 7) is 15.4. The summed E-state index contributed by atoms with van der Waals surface area (Å²) in [4.78, 5) is 43.4. The minimum absolute atomic E-state index is 0.0572. The Hall–Kier alpha value is -6.26. The molecule has 3 fully saturated rings. The van der Waals surface area contributed by atoms with Gasteiger partial charge in [-0.1, -0.05) is 0 Å². The third kappa shape index (κ3) is 13.5. The van der Waals surface area contributed by atoms with E-state index in [4.69, 9.17) is 13.1 Å². The summed E-state index contributed by atoms with van der Waals surface area (Å²) in [5.41, 5.74) is 4.02. The number of aromatic amines is 2. The second-order valence-electron chi connectivity index (χ2n) is 17.9. The number of H-pyrrole nitrogens is 2. The van der Waals surface area contributed by atoms with E-state index in [1.807, 2.05) is 0 Å². The van der Waals surface area contributed by atoms with Crippen LogP contribution in [0.15, 0.2) is 94.7 Å². The van der Waals surface area contributed by atoms with Crippen molar-refractivity contribution in [3.05, 3.63) is 84.9 Å². The Bertz CT molecular complexity index is 2940. The first-order valence-corrected chi connectivity index (χ1v) is 26.1. The Labute approximate surface area is 402 Å². The number of hydrogen-bond donors (Lipinski definition) is 6. The van der Waals surface area contributed by atoms with Crippen molar-refractivity contribution in [3.8, 4) is 11.5 Å². The van der Waals surface area contributed by atoms with E-state index in [1.165, 1.54) is 36.4 Å². The standard InChI is InChI=1S/C25H33N5O4S.C23H27N5O5S/c1-16(2)30(17(3)4)14-13-26-19-7-10-21(11-8-19)35(32,33)34-20-9-12-22-23(15-20)28-25(27-22)29-24(31)18-5-6-18;29-22(16-1-2-16)27-23-25-20-8-5-18(15-21(20)26-23)33-34(30,31)19-6-3-17(4-7-19)24-9-10-28-11-13-32-14-12-28/h7-12,15-18,26H,5-6,13-14H2,1-4H3,(H2,27,28,29,31);3-8,15-16,24H,1-2,9-14H2,(H2,25,26,27,29). The van der Waals surface area contributed by atoms with Crippen molar-refractivity contribution in [2.75, 3.05) is 73.7 Å². The number of aromatic nitrogens is 4. The fourth-order valence-corrected chi connectivity index (χ4v) is 9.62. The molecule has 3 heterocycles. The van der Waals surface area contributed by atoms with E-state index in [0.717, 1.165) is 89.5 Å². The molecule has 368 valence electrons. The number of nitrogens with zero attached hydrogens (tertiary/aromatic N) is 4. The van der Waals surface area contributed by atoms with Gasteiger partial charge in [0, 0.05) is 86.7 Å². The molecule has 0 atom stereocenters. The molecule has 69 heavy (non-hydrogen) atoms. The van der Waals surface area contributed by atoms with E-state index >= 15 is 0 Å². The Morgan fingerprint density at radius 3 is 1.52 bits per heavy atom. The van der Waals surface area contributed by atoms with Crippen LogP contribution >= 0.6 is 0 Å². The van der Waals surface area contributed by atoms with Gasteiger partial charge in [-0.15, -0.1) is 0 Å². The molecule has 4 aromatic carbocycles. The summed E-state index contributed by atoms with van der Waals surface area (Å²) in [5.74, 6) is 0.969. The number of hydrogen-bond acceptors (Lipinski definition) is 15. The third-order valence-electron chi connectivity index (χ3n) is 11.9. The third-order valence-corrected chi connectivity index (χ3v) is 14.4. The van der Waals surface area contributed by atoms with Crippen LogP contribution in [0.25, 0.3) is 22.1 Å². The molecule has 2 amide bonds. The van der Waals surface area contributed by atoms with Gasteiger partial charge in [0.25, 0.3) is 0 Å². The zero-order chi connectivity index (χ0) is 48.7. The fourth-order valence-electron chi connectivity index (χ4n) is 7.78. The maximum atomic E-state index is 12.8. The lowest BCUT2D eigenvalue weighted by Gasteiger charge is -2.30. The van der Waals surface area contributed by atoms with Crippen molar-refractivity contribution < 1.29 is 39.5 Å². The number of fused-ring (bicyclic) bond motifs is 2. The summed E-state index contributed by atoms with van der Waals surface area (Å²) in [6.07, 6.45) is 3.59. The monoisotopic (exact) mass is 984 g/mol. The number of rotatable bonds is 20. The predicted molar refractivity (Wildman–Crippen MR) is 265 cm³/mol. The number of ether oxygens (including phenoxy) is 1. The van der Waals surface area contributed by atoms with Crippen molar-refractivity contribution in [3.63, 3.8) is 0 Å². The molecule has 9 rings (SSSR count). The van der Waals surface area contributed by atoms with E-state index in [-0.39, 0.29) is 44.9 Å². The van der Waals surface area contributed by atoms with Gasteiger partial charge >= 0.3 is 20.2 Å². The van der Waals surface area contributed by atoms with E-state index in [0.29, 0.717) is 46.0 Å². The van der Waals surface area contributed by atoms with E-state index < -0.39 is 20.2 Å². The van der Waals surface area contributed by atoms with Gasteiger partial charge in [-0.25, -0.2) is 9.97 Å². The van der Waals surface area contributed by atoms with Crippen molar-refractivity contribution in [1.82, 2.24) is 29.7 Å². The minimum atomic E-state index is -4.01. The molecule has 0 radical (unpaired) electrons. The molecule has 1 saturated heterocycles. The highest BCUT2D eigenvalue weighted by atomic mass is 32.2. The Balaban J connectivity index is 0.000000186. The summed E-state index contributed by atoms with van der Waals surface area (Å²) >= 11 is 0. The normalized spacial score (nSPS) is 15.5. The molecule has 0 unspecified atom stereocenters. The van der Waals surface area contributed by atoms with Crippen LogP contribution in [-0.4, -0.2) is 123 Å². The zero-order valence-corrected chi connectivity index (χ0v) is 40.8. The first kappa shape index (κ1) is 49.2. The number of anilines is 4. The van der Waals surface area contributed by atoms with Gasteiger partial charge in [0.05, 0.1) is 35.3 Å². The maximum Gasteiger partial charge on any atom is 0.339 e. The van der Waals surface area contributed by atoms with Crippen molar-refractivity contribution in [2.24, 2.45) is 11.8 Å². The van der Waals surface area contributed by atoms with Gasteiger partial charge < -0.3 is 33.7 Å². The summed E-state index contributed by atoms with van der Waals surface area (Å²) in [7, 11) is -8.02. The first-order chi connectivity index (χ1) is 33.1. The second kappa shape index (κ2) is 21.6. The Kier molecular flexibility index (Phi) is 15.4. The van der Waals surface area contributed by atoms with Gasteiger partial charge in [0.1, 0.15) is 21.3 Å². The van der Waals surface area contributed by atoms with Crippen LogP contribution in [0.3, 0.4) is 0 Å². The molecule has 0 spiro atoms. The molecule has 2 saturated carbocycles. The number of nitrogens with one attached hydrogen (secondary N) is 6. The molecular formula is C48H60N10O9S2. The van der Waals surface area contributed by atoms with Crippen LogP contribution in [-0.2, 0) is 34.6 Å². The lowest BCUT2D eigenvalue weighted by atomic mass is 10.2. The Morgan fingerprint density at radius 2 is 1.10 bits per heavy atom. The molecule has 1 aliphatic heterocycles. The van der Waals surface area contributed by atoms with E-state index in [2.05, 4.69) is 78.7 Å². The lowest BCUT2D eigenvalue weighted by molar-refractivity contribution is -0.118. The number of benzene rings is 4. The molecule has 3 aliphatic rings. The van der Waals surface area contributed by atoms with Crippen LogP contribution in [0.1, 0.15) is 53.4 Å². The maximum absolute atomic E-state index is 12.8. The largest absolute Gasteiger partial charge is 0.384 e. The quantitative estimate of drug-likeness (QED) is 0.0440. The van der Waals surface area contributed by atoms with E-state index in [1.54, 1.807) is 48.5 Å². The average molecular weight is 985 g/mol. The van der Waals surface area contributed by atoms with Gasteiger partial charge in [-0.05, 0) is 126 Å². The van der Waals surface area contributed by atoms with Gasteiger partial charge in [0.2, 0.25) is 23.7 Å². The van der Waals surface area contributed by atoms with Crippen LogP contribution < -0.4 is 29.6 Å². The van der Waals surface area contributed by atoms with Crippen molar-refractivity contribution in [1.29, 1.82) is 0 Å². The van der Waals surface area contributed by atoms with Crippen LogP contribution in [0, 0.1) is 11.8 Å². The van der Waals surface area contributed by atoms with Gasteiger partial charge in [-0.3, -0.25) is 30.0 Å². The van der Waals surface area contributed by atoms with Crippen molar-refractivity contribution in [2.45, 2.75) is 75.3 Å². The molecule has 2 aliphatic carbocycles. The molecule has 21 heteroatoms. The molecule has 19 nitrogen and oxygen atoms in total. The van der Waals surface area contributed by atoms with Gasteiger partial charge in [0.15, 0.2) is 0 Å². The minimum Gasteiger partial charge on any atom is -0.384 e. The number of amides is 2. The zero-order valence-electron chi connectivity index (χ0n) is 39.2. The number of carbonyl (C=O) groups is 2. The number of morpholine rings is 1. The summed E-state index contributed by atoms with van der Waals surface area (Å²) in [5, 5.41) is 12.1. The number of imidazole rings is 2. The highest BCUT2D eigenvalue weighted by molar-refractivity contribution is 7.87. The Morgan fingerprint density at radius 1 is 0.667 bits per heavy atom. The van der Waals surface area contributed by atoms with Crippen LogP contribution in [0.4, 0.5) is 23.3 Å². The molecule has 6 N–H and O–H groups in total. The number of carbonyl (C=O) groups excluding carboxylic acids is 2. The van der Waals surface area contributed by atoms with Crippen LogP contribution in [0.2, 0.25) is 0 Å². The summed E-state index contributed by atoms with van der Waals surface area (Å²) < 4.78 is 67.1. The highest BCUT2D eigenvalue weighted by Crippen LogP contribution is 2.32. The average Bonchev–Trinajstić information content (AvgIpc) is 4.26. The SMILES string of the molecule is CC(C)N(CCNc1ccc(S(=O)(=O)Oc2ccc3[nH]c(NC(=O)C4CC4)nc3c2)cc1)C(C)C.O=C(Nc1nc2cc(OS(=O)(=O)c3ccc(NCCN4CCOCC4)cc3)ccc2[nH]1)C1CC1. The van der Waals surface area contributed by atoms with Gasteiger partial charge in [-0.2, -0.15) is 16.8 Å². The summed E-state index contributed by atoms with van der Waals surface area (Å²) in [6, 6.07) is 23.4.